The van der Waals surface area contributed by atoms with Crippen molar-refractivity contribution in [2.24, 2.45) is 0 Å². The minimum absolute atomic E-state index is 0.0559. The molecule has 0 aliphatic carbocycles. The van der Waals surface area contributed by atoms with E-state index in [4.69, 9.17) is 16.3 Å². The fourth-order valence-corrected chi connectivity index (χ4v) is 3.64. The zero-order valence-electron chi connectivity index (χ0n) is 11.1. The minimum atomic E-state index is -3.30. The van der Waals surface area contributed by atoms with Crippen molar-refractivity contribution >= 4 is 21.6 Å². The molecule has 2 rings (SSSR count). The van der Waals surface area contributed by atoms with Crippen LogP contribution >= 0.6 is 11.6 Å². The molecule has 0 spiro atoms. The standard InChI is InChI=1S/C14H18ClNO3S/c1-2-3-10-20(17,18)16-13-8-9-19-14(13)11-4-6-12(15)7-5-11/h2,4-7,13-14,16H,1,3,8-10H2/t13-,14-/m1/s1. The van der Waals surface area contributed by atoms with Crippen LogP contribution in [0.15, 0.2) is 36.9 Å². The summed E-state index contributed by atoms with van der Waals surface area (Å²) < 4.78 is 32.3. The average molecular weight is 316 g/mol. The maximum absolute atomic E-state index is 11.9. The van der Waals surface area contributed by atoms with Gasteiger partial charge in [-0.15, -0.1) is 6.58 Å². The predicted molar refractivity (Wildman–Crippen MR) is 80.3 cm³/mol. The number of sulfonamides is 1. The number of hydrogen-bond acceptors (Lipinski definition) is 3. The van der Waals surface area contributed by atoms with Crippen molar-refractivity contribution in [1.82, 2.24) is 4.72 Å². The van der Waals surface area contributed by atoms with E-state index < -0.39 is 10.0 Å². The first-order valence-electron chi connectivity index (χ1n) is 6.50. The van der Waals surface area contributed by atoms with Crippen LogP contribution < -0.4 is 4.72 Å². The average Bonchev–Trinajstić information content (AvgIpc) is 2.85. The zero-order valence-corrected chi connectivity index (χ0v) is 12.7. The van der Waals surface area contributed by atoms with E-state index in [1.165, 1.54) is 0 Å². The van der Waals surface area contributed by atoms with Gasteiger partial charge in [0.1, 0.15) is 0 Å². The smallest absolute Gasteiger partial charge is 0.212 e. The van der Waals surface area contributed by atoms with Crippen molar-refractivity contribution < 1.29 is 13.2 Å². The first-order valence-corrected chi connectivity index (χ1v) is 8.53. The Hall–Kier alpha value is -0.880. The normalized spacial score (nSPS) is 22.9. The van der Waals surface area contributed by atoms with E-state index in [0.717, 1.165) is 5.56 Å². The summed E-state index contributed by atoms with van der Waals surface area (Å²) in [6.07, 6.45) is 2.45. The molecule has 1 aromatic carbocycles. The number of halogens is 1. The number of rotatable bonds is 6. The fraction of sp³-hybridized carbons (Fsp3) is 0.429. The van der Waals surface area contributed by atoms with Gasteiger partial charge in [-0.2, -0.15) is 0 Å². The SMILES string of the molecule is C=CCCS(=O)(=O)N[C@@H]1CCO[C@@H]1c1ccc(Cl)cc1. The number of ether oxygens (including phenoxy) is 1. The molecule has 1 aromatic rings. The Morgan fingerprint density at radius 3 is 2.75 bits per heavy atom. The van der Waals surface area contributed by atoms with Crippen molar-refractivity contribution in [3.8, 4) is 0 Å². The fourth-order valence-electron chi connectivity index (χ4n) is 2.22. The molecule has 1 heterocycles. The van der Waals surface area contributed by atoms with Gasteiger partial charge < -0.3 is 4.74 Å². The molecular formula is C14H18ClNO3S. The summed E-state index contributed by atoms with van der Waals surface area (Å²) >= 11 is 5.86. The number of hydrogen-bond donors (Lipinski definition) is 1. The minimum Gasteiger partial charge on any atom is -0.372 e. The molecule has 6 heteroatoms. The summed E-state index contributed by atoms with van der Waals surface area (Å²) in [4.78, 5) is 0. The van der Waals surface area contributed by atoms with Gasteiger partial charge in [-0.1, -0.05) is 29.8 Å². The Morgan fingerprint density at radius 2 is 2.10 bits per heavy atom. The number of nitrogens with one attached hydrogen (secondary N) is 1. The molecule has 1 saturated heterocycles. The van der Waals surface area contributed by atoms with E-state index in [2.05, 4.69) is 11.3 Å². The van der Waals surface area contributed by atoms with Crippen LogP contribution in [0.1, 0.15) is 24.5 Å². The summed E-state index contributed by atoms with van der Waals surface area (Å²) in [6.45, 7) is 4.08. The molecule has 0 unspecified atom stereocenters. The van der Waals surface area contributed by atoms with E-state index in [9.17, 15) is 8.42 Å². The third kappa shape index (κ3) is 4.06. The van der Waals surface area contributed by atoms with Gasteiger partial charge in [0.15, 0.2) is 0 Å². The molecular weight excluding hydrogens is 298 g/mol. The van der Waals surface area contributed by atoms with Gasteiger partial charge >= 0.3 is 0 Å². The largest absolute Gasteiger partial charge is 0.372 e. The van der Waals surface area contributed by atoms with E-state index in [0.29, 0.717) is 24.5 Å². The summed E-state index contributed by atoms with van der Waals surface area (Å²) in [7, 11) is -3.30. The lowest BCUT2D eigenvalue weighted by Gasteiger charge is -2.20. The van der Waals surface area contributed by atoms with E-state index in [-0.39, 0.29) is 17.9 Å². The third-order valence-corrected chi connectivity index (χ3v) is 4.90. The molecule has 1 aliphatic heterocycles. The van der Waals surface area contributed by atoms with Crippen molar-refractivity contribution in [3.63, 3.8) is 0 Å². The van der Waals surface area contributed by atoms with Crippen LogP contribution in [0.25, 0.3) is 0 Å². The first kappa shape index (κ1) is 15.5. The lowest BCUT2D eigenvalue weighted by atomic mass is 10.0. The highest BCUT2D eigenvalue weighted by atomic mass is 35.5. The Kier molecular flexibility index (Phi) is 5.21. The molecule has 4 nitrogen and oxygen atoms in total. The van der Waals surface area contributed by atoms with Crippen molar-refractivity contribution in [1.29, 1.82) is 0 Å². The Labute approximate surface area is 124 Å². The Bertz CT molecular complexity index is 556. The molecule has 0 aromatic heterocycles. The van der Waals surface area contributed by atoms with Crippen LogP contribution in [0, 0.1) is 0 Å². The maximum Gasteiger partial charge on any atom is 0.212 e. The summed E-state index contributed by atoms with van der Waals surface area (Å²) in [6, 6.07) is 7.06. The molecule has 20 heavy (non-hydrogen) atoms. The van der Waals surface area contributed by atoms with E-state index in [1.54, 1.807) is 18.2 Å². The number of allylic oxidation sites excluding steroid dienone is 1. The maximum atomic E-state index is 11.9. The third-order valence-electron chi connectivity index (χ3n) is 3.21. The predicted octanol–water partition coefficient (Wildman–Crippen LogP) is 2.67. The Morgan fingerprint density at radius 1 is 1.40 bits per heavy atom. The van der Waals surface area contributed by atoms with Gasteiger partial charge in [0.2, 0.25) is 10.0 Å². The van der Waals surface area contributed by atoms with Crippen molar-refractivity contribution in [2.45, 2.75) is 25.0 Å². The van der Waals surface area contributed by atoms with E-state index in [1.807, 2.05) is 12.1 Å². The molecule has 0 amide bonds. The van der Waals surface area contributed by atoms with Crippen LogP contribution in [0.2, 0.25) is 5.02 Å². The van der Waals surface area contributed by atoms with Crippen LogP contribution in [0.5, 0.6) is 0 Å². The molecule has 0 radical (unpaired) electrons. The van der Waals surface area contributed by atoms with Gasteiger partial charge in [0.05, 0.1) is 17.9 Å². The van der Waals surface area contributed by atoms with Crippen LogP contribution in [-0.4, -0.2) is 26.8 Å². The summed E-state index contributed by atoms with van der Waals surface area (Å²) in [5, 5.41) is 0.648. The first-order chi connectivity index (χ1) is 9.52. The molecule has 110 valence electrons. The lowest BCUT2D eigenvalue weighted by Crippen LogP contribution is -2.38. The molecule has 1 fully saturated rings. The Balaban J connectivity index is 2.07. The van der Waals surface area contributed by atoms with Gasteiger partial charge in [-0.25, -0.2) is 13.1 Å². The van der Waals surface area contributed by atoms with Crippen LogP contribution in [-0.2, 0) is 14.8 Å². The van der Waals surface area contributed by atoms with Crippen LogP contribution in [0.3, 0.4) is 0 Å². The summed E-state index contributed by atoms with van der Waals surface area (Å²) in [5.41, 5.74) is 0.934. The van der Waals surface area contributed by atoms with Gasteiger partial charge in [0, 0.05) is 11.6 Å². The molecule has 0 saturated carbocycles. The molecule has 1 N–H and O–H groups in total. The monoisotopic (exact) mass is 315 g/mol. The highest BCUT2D eigenvalue weighted by Crippen LogP contribution is 2.30. The topological polar surface area (TPSA) is 55.4 Å². The quantitative estimate of drug-likeness (QED) is 0.821. The molecule has 1 aliphatic rings. The van der Waals surface area contributed by atoms with Gasteiger partial charge in [0.25, 0.3) is 0 Å². The number of benzene rings is 1. The highest BCUT2D eigenvalue weighted by molar-refractivity contribution is 7.89. The highest BCUT2D eigenvalue weighted by Gasteiger charge is 2.32. The van der Waals surface area contributed by atoms with E-state index >= 15 is 0 Å². The second-order valence-electron chi connectivity index (χ2n) is 4.75. The molecule has 2 atom stereocenters. The second kappa shape index (κ2) is 6.72. The molecule has 0 bridgehead atoms. The van der Waals surface area contributed by atoms with Crippen molar-refractivity contribution in [2.75, 3.05) is 12.4 Å². The zero-order chi connectivity index (χ0) is 14.6. The second-order valence-corrected chi connectivity index (χ2v) is 7.06. The van der Waals surface area contributed by atoms with Gasteiger partial charge in [-0.3, -0.25) is 0 Å². The van der Waals surface area contributed by atoms with Gasteiger partial charge in [-0.05, 0) is 30.5 Å². The van der Waals surface area contributed by atoms with Crippen LogP contribution in [0.4, 0.5) is 0 Å². The summed E-state index contributed by atoms with van der Waals surface area (Å²) in [5.74, 6) is 0.0559. The van der Waals surface area contributed by atoms with Crippen molar-refractivity contribution in [3.05, 3.63) is 47.5 Å². The lowest BCUT2D eigenvalue weighted by molar-refractivity contribution is 0.102.